The van der Waals surface area contributed by atoms with Crippen molar-refractivity contribution in [2.75, 3.05) is 13.2 Å². The maximum atomic E-state index is 5.91. The molecule has 0 bridgehead atoms. The summed E-state index contributed by atoms with van der Waals surface area (Å²) in [5.41, 5.74) is 7.87. The molecule has 1 aromatic heterocycles. The van der Waals surface area contributed by atoms with E-state index in [1.54, 1.807) is 0 Å². The third kappa shape index (κ3) is 3.80. The van der Waals surface area contributed by atoms with Crippen LogP contribution >= 0.6 is 0 Å². The summed E-state index contributed by atoms with van der Waals surface area (Å²) in [6.07, 6.45) is 2.69. The molecule has 2 aromatic rings. The van der Waals surface area contributed by atoms with Crippen LogP contribution < -0.4 is 10.5 Å². The van der Waals surface area contributed by atoms with Gasteiger partial charge < -0.3 is 10.5 Å². The van der Waals surface area contributed by atoms with Gasteiger partial charge in [-0.2, -0.15) is 0 Å². The fourth-order valence-electron chi connectivity index (χ4n) is 2.04. The topological polar surface area (TPSA) is 48.1 Å². The summed E-state index contributed by atoms with van der Waals surface area (Å²) in [6, 6.07) is 14.0. The lowest BCUT2D eigenvalue weighted by atomic mass is 10.0. The van der Waals surface area contributed by atoms with E-state index in [-0.39, 0.29) is 5.92 Å². The Morgan fingerprint density at radius 1 is 1.16 bits per heavy atom. The number of nitrogens with zero attached hydrogens (tertiary/aromatic N) is 1. The van der Waals surface area contributed by atoms with Crippen LogP contribution in [0.25, 0.3) is 0 Å². The van der Waals surface area contributed by atoms with E-state index >= 15 is 0 Å². The number of aryl methyl sites for hydroxylation is 1. The van der Waals surface area contributed by atoms with Crippen LogP contribution in [0.15, 0.2) is 48.7 Å². The van der Waals surface area contributed by atoms with E-state index in [1.165, 1.54) is 0 Å². The van der Waals surface area contributed by atoms with Crippen LogP contribution in [-0.2, 0) is 0 Å². The van der Waals surface area contributed by atoms with Gasteiger partial charge in [-0.1, -0.05) is 24.3 Å². The van der Waals surface area contributed by atoms with Crippen molar-refractivity contribution in [3.8, 4) is 5.75 Å². The Kier molecular flexibility index (Phi) is 4.93. The lowest BCUT2D eigenvalue weighted by Gasteiger charge is -2.17. The highest BCUT2D eigenvalue weighted by atomic mass is 16.5. The average Bonchev–Trinajstić information content (AvgIpc) is 2.46. The molecule has 2 N–H and O–H groups in total. The zero-order valence-corrected chi connectivity index (χ0v) is 11.3. The maximum Gasteiger partial charge on any atom is 0.122 e. The lowest BCUT2D eigenvalue weighted by molar-refractivity contribution is 0.279. The Balaban J connectivity index is 2.04. The van der Waals surface area contributed by atoms with Crippen LogP contribution in [-0.4, -0.2) is 18.1 Å². The molecule has 0 aliphatic heterocycles. The molecule has 0 spiro atoms. The first-order valence-corrected chi connectivity index (χ1v) is 6.60. The highest BCUT2D eigenvalue weighted by molar-refractivity contribution is 5.31. The minimum Gasteiger partial charge on any atom is -0.493 e. The number of para-hydroxylation sites is 1. The highest BCUT2D eigenvalue weighted by Gasteiger charge is 2.13. The van der Waals surface area contributed by atoms with Gasteiger partial charge in [0.25, 0.3) is 0 Å². The molecule has 3 heteroatoms. The fourth-order valence-corrected chi connectivity index (χ4v) is 2.04. The normalized spacial score (nSPS) is 12.1. The molecule has 1 heterocycles. The van der Waals surface area contributed by atoms with Gasteiger partial charge in [0.1, 0.15) is 5.75 Å². The molecule has 0 aliphatic rings. The van der Waals surface area contributed by atoms with Crippen molar-refractivity contribution < 1.29 is 4.74 Å². The number of aromatic nitrogens is 1. The second kappa shape index (κ2) is 6.90. The minimum absolute atomic E-state index is 0.241. The molecule has 0 aliphatic carbocycles. The van der Waals surface area contributed by atoms with Crippen LogP contribution in [0, 0.1) is 6.92 Å². The van der Waals surface area contributed by atoms with Gasteiger partial charge in [-0.25, -0.2) is 0 Å². The Hall–Kier alpha value is -1.87. The third-order valence-electron chi connectivity index (χ3n) is 3.15. The van der Waals surface area contributed by atoms with Crippen molar-refractivity contribution in [3.05, 3.63) is 59.9 Å². The van der Waals surface area contributed by atoms with Crippen molar-refractivity contribution in [1.82, 2.24) is 4.98 Å². The average molecular weight is 256 g/mol. The predicted molar refractivity (Wildman–Crippen MR) is 77.3 cm³/mol. The molecule has 100 valence electrons. The van der Waals surface area contributed by atoms with E-state index in [1.807, 2.05) is 55.6 Å². The number of benzene rings is 1. The molecular weight excluding hydrogens is 236 g/mol. The second-order valence-corrected chi connectivity index (χ2v) is 4.61. The first kappa shape index (κ1) is 13.6. The Morgan fingerprint density at radius 3 is 2.63 bits per heavy atom. The highest BCUT2D eigenvalue weighted by Crippen LogP contribution is 2.21. The van der Waals surface area contributed by atoms with Gasteiger partial charge in [-0.05, 0) is 43.7 Å². The molecule has 19 heavy (non-hydrogen) atoms. The predicted octanol–water partition coefficient (Wildman–Crippen LogP) is 2.90. The van der Waals surface area contributed by atoms with E-state index < -0.39 is 0 Å². The van der Waals surface area contributed by atoms with E-state index in [0.717, 1.165) is 23.4 Å². The van der Waals surface area contributed by atoms with E-state index in [9.17, 15) is 0 Å². The largest absolute Gasteiger partial charge is 0.493 e. The minimum atomic E-state index is 0.241. The number of hydrogen-bond donors (Lipinski definition) is 1. The number of hydrogen-bond acceptors (Lipinski definition) is 3. The van der Waals surface area contributed by atoms with Gasteiger partial charge in [-0.15, -0.1) is 0 Å². The maximum absolute atomic E-state index is 5.91. The molecule has 1 unspecified atom stereocenters. The Labute approximate surface area is 114 Å². The van der Waals surface area contributed by atoms with Gasteiger partial charge in [0.05, 0.1) is 6.61 Å². The van der Waals surface area contributed by atoms with Crippen molar-refractivity contribution in [1.29, 1.82) is 0 Å². The summed E-state index contributed by atoms with van der Waals surface area (Å²) in [4.78, 5) is 4.40. The molecule has 1 atom stereocenters. The number of nitrogens with two attached hydrogens (primary N) is 1. The zero-order chi connectivity index (χ0) is 13.5. The molecule has 3 nitrogen and oxygen atoms in total. The number of rotatable bonds is 6. The summed E-state index contributed by atoms with van der Waals surface area (Å²) in [5.74, 6) is 1.17. The first-order chi connectivity index (χ1) is 9.31. The summed E-state index contributed by atoms with van der Waals surface area (Å²) < 4.78 is 5.91. The van der Waals surface area contributed by atoms with Crippen LogP contribution in [0.4, 0.5) is 0 Å². The molecule has 1 aromatic carbocycles. The molecule has 0 radical (unpaired) electrons. The second-order valence-electron chi connectivity index (χ2n) is 4.61. The van der Waals surface area contributed by atoms with Crippen molar-refractivity contribution in [3.63, 3.8) is 0 Å². The molecule has 0 amide bonds. The SMILES string of the molecule is Cc1ccccc1OCC(CCN)c1ccccn1. The van der Waals surface area contributed by atoms with Crippen LogP contribution in [0.5, 0.6) is 5.75 Å². The molecule has 0 saturated carbocycles. The zero-order valence-electron chi connectivity index (χ0n) is 11.3. The van der Waals surface area contributed by atoms with E-state index in [0.29, 0.717) is 13.2 Å². The third-order valence-corrected chi connectivity index (χ3v) is 3.15. The first-order valence-electron chi connectivity index (χ1n) is 6.60. The van der Waals surface area contributed by atoms with Crippen LogP contribution in [0.3, 0.4) is 0 Å². The van der Waals surface area contributed by atoms with E-state index in [2.05, 4.69) is 4.98 Å². The van der Waals surface area contributed by atoms with Crippen LogP contribution in [0.2, 0.25) is 0 Å². The lowest BCUT2D eigenvalue weighted by Crippen LogP contribution is -2.16. The van der Waals surface area contributed by atoms with Gasteiger partial charge in [0.2, 0.25) is 0 Å². The van der Waals surface area contributed by atoms with Gasteiger partial charge >= 0.3 is 0 Å². The fraction of sp³-hybridized carbons (Fsp3) is 0.312. The van der Waals surface area contributed by atoms with E-state index in [4.69, 9.17) is 10.5 Å². The summed E-state index contributed by atoms with van der Waals surface area (Å²) in [5, 5.41) is 0. The van der Waals surface area contributed by atoms with Crippen molar-refractivity contribution in [2.24, 2.45) is 5.73 Å². The summed E-state index contributed by atoms with van der Waals surface area (Å²) >= 11 is 0. The smallest absolute Gasteiger partial charge is 0.122 e. The van der Waals surface area contributed by atoms with Crippen molar-refractivity contribution >= 4 is 0 Å². The van der Waals surface area contributed by atoms with Gasteiger partial charge in [0.15, 0.2) is 0 Å². The van der Waals surface area contributed by atoms with Crippen LogP contribution in [0.1, 0.15) is 23.6 Å². The van der Waals surface area contributed by atoms with Gasteiger partial charge in [0, 0.05) is 17.8 Å². The molecule has 0 saturated heterocycles. The standard InChI is InChI=1S/C16H20N2O/c1-13-6-2-3-8-16(13)19-12-14(9-10-17)15-7-4-5-11-18-15/h2-8,11,14H,9-10,12,17H2,1H3. The number of pyridine rings is 1. The monoisotopic (exact) mass is 256 g/mol. The molecular formula is C16H20N2O. The summed E-state index contributed by atoms with van der Waals surface area (Å²) in [6.45, 7) is 3.30. The quantitative estimate of drug-likeness (QED) is 0.864. The van der Waals surface area contributed by atoms with Crippen molar-refractivity contribution in [2.45, 2.75) is 19.3 Å². The molecule has 0 fully saturated rings. The Bertz CT molecular complexity index is 499. The Morgan fingerprint density at radius 2 is 1.95 bits per heavy atom. The number of ether oxygens (including phenoxy) is 1. The van der Waals surface area contributed by atoms with Gasteiger partial charge in [-0.3, -0.25) is 4.98 Å². The summed E-state index contributed by atoms with van der Waals surface area (Å²) in [7, 11) is 0. The molecule has 2 rings (SSSR count).